The van der Waals surface area contributed by atoms with E-state index < -0.39 is 0 Å². The Hall–Kier alpha value is -1.16. The summed E-state index contributed by atoms with van der Waals surface area (Å²) < 4.78 is 0. The van der Waals surface area contributed by atoms with Crippen LogP contribution in [0.4, 0.5) is 5.82 Å². The van der Waals surface area contributed by atoms with Crippen molar-refractivity contribution in [1.82, 2.24) is 15.3 Å². The van der Waals surface area contributed by atoms with Gasteiger partial charge in [0.15, 0.2) is 0 Å². The minimum absolute atomic E-state index is 0.524. The molecule has 0 radical (unpaired) electrons. The average molecular weight is 164 g/mol. The molecule has 4 heteroatoms. The highest BCUT2D eigenvalue weighted by Gasteiger charge is 2.09. The number of nitrogens with zero attached hydrogens (tertiary/aromatic N) is 2. The molecule has 1 aliphatic heterocycles. The van der Waals surface area contributed by atoms with Gasteiger partial charge >= 0.3 is 0 Å². The lowest BCUT2D eigenvalue weighted by Crippen LogP contribution is -2.16. The van der Waals surface area contributed by atoms with E-state index in [-0.39, 0.29) is 0 Å². The van der Waals surface area contributed by atoms with Crippen LogP contribution in [0.25, 0.3) is 0 Å². The molecule has 1 aliphatic rings. The van der Waals surface area contributed by atoms with Crippen molar-refractivity contribution in [3.63, 3.8) is 0 Å². The average Bonchev–Trinajstić information content (AvgIpc) is 2.28. The van der Waals surface area contributed by atoms with E-state index in [4.69, 9.17) is 5.73 Å². The highest BCUT2D eigenvalue weighted by molar-refractivity contribution is 5.28. The maximum Gasteiger partial charge on any atom is 0.142 e. The number of aromatic nitrogens is 2. The van der Waals surface area contributed by atoms with Crippen LogP contribution >= 0.6 is 0 Å². The number of rotatable bonds is 0. The molecule has 0 spiro atoms. The van der Waals surface area contributed by atoms with Gasteiger partial charge in [-0.15, -0.1) is 0 Å². The zero-order chi connectivity index (χ0) is 8.39. The third-order valence-corrected chi connectivity index (χ3v) is 2.03. The van der Waals surface area contributed by atoms with Gasteiger partial charge in [-0.25, -0.2) is 4.98 Å². The molecule has 0 aromatic carbocycles. The topological polar surface area (TPSA) is 63.8 Å². The monoisotopic (exact) mass is 164 g/mol. The Morgan fingerprint density at radius 1 is 1.25 bits per heavy atom. The molecular formula is C8H12N4. The van der Waals surface area contributed by atoms with Gasteiger partial charge in [0.05, 0.1) is 17.6 Å². The van der Waals surface area contributed by atoms with Gasteiger partial charge < -0.3 is 11.1 Å². The number of fused-ring (bicyclic) bond motifs is 1. The molecule has 0 saturated carbocycles. The lowest BCUT2D eigenvalue weighted by Gasteiger charge is -2.02. The van der Waals surface area contributed by atoms with Crippen LogP contribution in [-0.4, -0.2) is 23.1 Å². The summed E-state index contributed by atoms with van der Waals surface area (Å²) in [5.41, 5.74) is 7.69. The molecule has 2 rings (SSSR count). The maximum absolute atomic E-state index is 5.54. The normalized spacial score (nSPS) is 16.7. The third kappa shape index (κ3) is 1.38. The quantitative estimate of drug-likeness (QED) is 0.555. The van der Waals surface area contributed by atoms with Gasteiger partial charge in [-0.05, 0) is 0 Å². The van der Waals surface area contributed by atoms with Crippen LogP contribution in [0.1, 0.15) is 11.4 Å². The Labute approximate surface area is 71.2 Å². The predicted molar refractivity (Wildman–Crippen MR) is 46.7 cm³/mol. The molecule has 1 aromatic heterocycles. The van der Waals surface area contributed by atoms with Gasteiger partial charge in [-0.3, -0.25) is 4.98 Å². The van der Waals surface area contributed by atoms with Crippen molar-refractivity contribution in [3.05, 3.63) is 17.6 Å². The third-order valence-electron chi connectivity index (χ3n) is 2.03. The zero-order valence-electron chi connectivity index (χ0n) is 6.88. The van der Waals surface area contributed by atoms with Crippen LogP contribution in [0.3, 0.4) is 0 Å². The van der Waals surface area contributed by atoms with Crippen LogP contribution in [0, 0.1) is 0 Å². The molecule has 64 valence electrons. The van der Waals surface area contributed by atoms with Crippen LogP contribution in [-0.2, 0) is 12.8 Å². The van der Waals surface area contributed by atoms with Crippen molar-refractivity contribution in [2.24, 2.45) is 0 Å². The lowest BCUT2D eigenvalue weighted by atomic mass is 10.2. The fourth-order valence-corrected chi connectivity index (χ4v) is 1.42. The van der Waals surface area contributed by atoms with E-state index in [1.807, 2.05) is 0 Å². The van der Waals surface area contributed by atoms with E-state index in [2.05, 4.69) is 15.3 Å². The number of hydrogen-bond donors (Lipinski definition) is 2. The number of hydrogen-bond acceptors (Lipinski definition) is 4. The Balaban J connectivity index is 2.36. The number of nitrogens with two attached hydrogens (primary N) is 1. The van der Waals surface area contributed by atoms with Crippen LogP contribution in [0.15, 0.2) is 6.20 Å². The molecular weight excluding hydrogens is 152 g/mol. The number of nitrogens with one attached hydrogen (secondary N) is 1. The van der Waals surface area contributed by atoms with Crippen LogP contribution in [0.2, 0.25) is 0 Å². The van der Waals surface area contributed by atoms with Gasteiger partial charge in [0.2, 0.25) is 0 Å². The summed E-state index contributed by atoms with van der Waals surface area (Å²) in [6.45, 7) is 1.97. The summed E-state index contributed by atoms with van der Waals surface area (Å²) in [6, 6.07) is 0. The zero-order valence-corrected chi connectivity index (χ0v) is 6.88. The number of nitrogen functional groups attached to an aromatic ring is 1. The first-order valence-corrected chi connectivity index (χ1v) is 4.17. The van der Waals surface area contributed by atoms with E-state index in [9.17, 15) is 0 Å². The smallest absolute Gasteiger partial charge is 0.142 e. The highest BCUT2D eigenvalue weighted by Crippen LogP contribution is 2.08. The van der Waals surface area contributed by atoms with Gasteiger partial charge in [0.25, 0.3) is 0 Å². The molecule has 0 bridgehead atoms. The van der Waals surface area contributed by atoms with Gasteiger partial charge in [0.1, 0.15) is 5.82 Å². The first-order valence-electron chi connectivity index (χ1n) is 4.17. The van der Waals surface area contributed by atoms with Crippen LogP contribution in [0.5, 0.6) is 0 Å². The Kier molecular flexibility index (Phi) is 1.91. The van der Waals surface area contributed by atoms with Crippen molar-refractivity contribution in [2.75, 3.05) is 18.8 Å². The Bertz CT molecular complexity index is 284. The molecule has 0 aliphatic carbocycles. The highest BCUT2D eigenvalue weighted by atomic mass is 14.9. The van der Waals surface area contributed by atoms with Crippen LogP contribution < -0.4 is 11.1 Å². The first-order chi connectivity index (χ1) is 5.86. The predicted octanol–water partition coefficient (Wildman–Crippen LogP) is -0.253. The van der Waals surface area contributed by atoms with E-state index >= 15 is 0 Å². The van der Waals surface area contributed by atoms with E-state index in [0.717, 1.165) is 37.3 Å². The first kappa shape index (κ1) is 7.49. The molecule has 2 heterocycles. The number of anilines is 1. The van der Waals surface area contributed by atoms with Gasteiger partial charge in [0, 0.05) is 25.9 Å². The molecule has 4 nitrogen and oxygen atoms in total. The summed E-state index contributed by atoms with van der Waals surface area (Å²) in [5.74, 6) is 0.524. The summed E-state index contributed by atoms with van der Waals surface area (Å²) >= 11 is 0. The molecule has 0 atom stereocenters. The maximum atomic E-state index is 5.54. The molecule has 3 N–H and O–H groups in total. The SMILES string of the molecule is Nc1cnc2c(n1)CCNCC2. The molecule has 12 heavy (non-hydrogen) atoms. The Morgan fingerprint density at radius 2 is 2.00 bits per heavy atom. The van der Waals surface area contributed by atoms with Crippen molar-refractivity contribution in [2.45, 2.75) is 12.8 Å². The van der Waals surface area contributed by atoms with Crippen molar-refractivity contribution in [3.8, 4) is 0 Å². The van der Waals surface area contributed by atoms with E-state index in [1.165, 1.54) is 0 Å². The van der Waals surface area contributed by atoms with Gasteiger partial charge in [-0.2, -0.15) is 0 Å². The van der Waals surface area contributed by atoms with Crippen molar-refractivity contribution < 1.29 is 0 Å². The largest absolute Gasteiger partial charge is 0.382 e. The van der Waals surface area contributed by atoms with Crippen molar-refractivity contribution in [1.29, 1.82) is 0 Å². The fourth-order valence-electron chi connectivity index (χ4n) is 1.42. The van der Waals surface area contributed by atoms with Gasteiger partial charge in [-0.1, -0.05) is 0 Å². The molecule has 0 unspecified atom stereocenters. The van der Waals surface area contributed by atoms with E-state index in [1.54, 1.807) is 6.20 Å². The molecule has 0 saturated heterocycles. The molecule has 0 fully saturated rings. The summed E-state index contributed by atoms with van der Waals surface area (Å²) in [4.78, 5) is 8.50. The molecule has 0 amide bonds. The standard InChI is InChI=1S/C8H12N4/c9-8-5-11-6-1-3-10-4-2-7(6)12-8/h5,10H,1-4H2,(H2,9,12). The van der Waals surface area contributed by atoms with E-state index in [0.29, 0.717) is 5.82 Å². The second kappa shape index (κ2) is 3.06. The summed E-state index contributed by atoms with van der Waals surface area (Å²) in [7, 11) is 0. The minimum atomic E-state index is 0.524. The molecule has 1 aromatic rings. The second-order valence-electron chi connectivity index (χ2n) is 2.94. The minimum Gasteiger partial charge on any atom is -0.382 e. The fraction of sp³-hybridized carbons (Fsp3) is 0.500. The second-order valence-corrected chi connectivity index (χ2v) is 2.94. The summed E-state index contributed by atoms with van der Waals surface area (Å²) in [6.07, 6.45) is 3.53. The Morgan fingerprint density at radius 3 is 2.83 bits per heavy atom. The van der Waals surface area contributed by atoms with Crippen molar-refractivity contribution >= 4 is 5.82 Å². The summed E-state index contributed by atoms with van der Waals surface area (Å²) in [5, 5.41) is 3.29. The lowest BCUT2D eigenvalue weighted by molar-refractivity contribution is 0.706.